The summed E-state index contributed by atoms with van der Waals surface area (Å²) >= 11 is 0. The molecule has 3 aliphatic heterocycles. The van der Waals surface area contributed by atoms with Gasteiger partial charge < -0.3 is 25.4 Å². The van der Waals surface area contributed by atoms with Crippen LogP contribution in [0.15, 0.2) is 60.6 Å². The Hall–Kier alpha value is -4.02. The summed E-state index contributed by atoms with van der Waals surface area (Å²) in [7, 11) is 4.25. The summed E-state index contributed by atoms with van der Waals surface area (Å²) in [5, 5.41) is 0. The molecule has 0 atom stereocenters. The standard InChI is InChI=1S/C33H38F2N8/c1-40-11-13-43(14-12-40)30-6-4-25(36)17-28-31(30)39-32(38-28)26-7-9-41(2)29-5-3-23(16-27(26)29)24-15-22(18-37-19-24)20-42-10-8-33(34,35)21-42/h3-7,15-16,18-19H,8-14,17,20-21,36H2,1-2H3,(H,38,39). The van der Waals surface area contributed by atoms with Crippen molar-refractivity contribution in [3.8, 4) is 11.1 Å². The third-order valence-corrected chi connectivity index (χ3v) is 9.01. The van der Waals surface area contributed by atoms with Gasteiger partial charge in [-0.2, -0.15) is 0 Å². The van der Waals surface area contributed by atoms with Crippen LogP contribution in [0.1, 0.15) is 34.8 Å². The van der Waals surface area contributed by atoms with Crippen LogP contribution in [0, 0.1) is 0 Å². The van der Waals surface area contributed by atoms with Crippen LogP contribution in [-0.4, -0.2) is 95.5 Å². The molecule has 0 bridgehead atoms. The third-order valence-electron chi connectivity index (χ3n) is 9.01. The molecule has 0 unspecified atom stereocenters. The first-order valence-electron chi connectivity index (χ1n) is 15.0. The summed E-state index contributed by atoms with van der Waals surface area (Å²) in [4.78, 5) is 22.1. The molecule has 5 heterocycles. The molecule has 2 aromatic heterocycles. The van der Waals surface area contributed by atoms with E-state index in [2.05, 4.69) is 75.2 Å². The molecule has 0 amide bonds. The number of likely N-dealkylation sites (N-methyl/N-ethyl adjacent to an activating group) is 2. The number of imidazole rings is 1. The van der Waals surface area contributed by atoms with Gasteiger partial charge in [-0.25, -0.2) is 13.8 Å². The van der Waals surface area contributed by atoms with Crippen LogP contribution in [0.2, 0.25) is 0 Å². The van der Waals surface area contributed by atoms with E-state index in [4.69, 9.17) is 10.7 Å². The van der Waals surface area contributed by atoms with Crippen molar-refractivity contribution in [1.82, 2.24) is 29.7 Å². The van der Waals surface area contributed by atoms with Gasteiger partial charge >= 0.3 is 0 Å². The van der Waals surface area contributed by atoms with Crippen LogP contribution < -0.4 is 10.6 Å². The van der Waals surface area contributed by atoms with Crippen molar-refractivity contribution in [3.05, 3.63) is 88.9 Å². The maximum Gasteiger partial charge on any atom is 0.261 e. The minimum Gasteiger partial charge on any atom is -0.402 e. The number of likely N-dealkylation sites (tertiary alicyclic amines) is 1. The maximum absolute atomic E-state index is 13.8. The van der Waals surface area contributed by atoms with Gasteiger partial charge in [0.05, 0.1) is 17.9 Å². The molecule has 3 N–H and O–H groups in total. The number of benzene rings is 1. The zero-order valence-corrected chi connectivity index (χ0v) is 24.8. The quantitative estimate of drug-likeness (QED) is 0.466. The fourth-order valence-corrected chi connectivity index (χ4v) is 6.56. The molecule has 3 aromatic rings. The van der Waals surface area contributed by atoms with E-state index in [9.17, 15) is 8.78 Å². The fourth-order valence-electron chi connectivity index (χ4n) is 6.56. The Kier molecular flexibility index (Phi) is 7.05. The van der Waals surface area contributed by atoms with E-state index in [1.165, 1.54) is 0 Å². The number of nitrogens with one attached hydrogen (secondary N) is 1. The van der Waals surface area contributed by atoms with E-state index in [0.29, 0.717) is 19.5 Å². The zero-order valence-electron chi connectivity index (χ0n) is 24.8. The van der Waals surface area contributed by atoms with Crippen molar-refractivity contribution in [1.29, 1.82) is 0 Å². The molecule has 10 heteroatoms. The molecule has 2 fully saturated rings. The summed E-state index contributed by atoms with van der Waals surface area (Å²) in [6.45, 7) is 5.36. The van der Waals surface area contributed by atoms with Crippen molar-refractivity contribution in [2.75, 3.05) is 64.8 Å². The lowest BCUT2D eigenvalue weighted by Crippen LogP contribution is -2.43. The smallest absolute Gasteiger partial charge is 0.261 e. The molecule has 0 saturated carbocycles. The van der Waals surface area contributed by atoms with E-state index in [0.717, 1.165) is 94.8 Å². The monoisotopic (exact) mass is 584 g/mol. The Bertz CT molecular complexity index is 1630. The molecule has 0 radical (unpaired) electrons. The average molecular weight is 585 g/mol. The predicted octanol–water partition coefficient (Wildman–Crippen LogP) is 4.18. The maximum atomic E-state index is 13.8. The highest BCUT2D eigenvalue weighted by molar-refractivity contribution is 5.89. The van der Waals surface area contributed by atoms with Crippen LogP contribution >= 0.6 is 0 Å². The van der Waals surface area contributed by atoms with Crippen molar-refractivity contribution in [3.63, 3.8) is 0 Å². The number of rotatable bonds is 5. The SMILES string of the molecule is CN1CCN(C2=CC=C(N)Cc3[nH]c(C4=CCN(C)c5ccc(-c6cncc(CN7CCC(F)(F)C7)c6)cc54)nc32)CC1. The molecular weight excluding hydrogens is 546 g/mol. The number of anilines is 1. The third kappa shape index (κ3) is 5.57. The van der Waals surface area contributed by atoms with E-state index >= 15 is 0 Å². The Balaban J connectivity index is 1.21. The lowest BCUT2D eigenvalue weighted by atomic mass is 9.94. The molecule has 1 aliphatic carbocycles. The largest absolute Gasteiger partial charge is 0.402 e. The number of hydrogen-bond donors (Lipinski definition) is 2. The molecule has 4 aliphatic rings. The second-order valence-electron chi connectivity index (χ2n) is 12.3. The summed E-state index contributed by atoms with van der Waals surface area (Å²) in [6.07, 6.45) is 10.5. The lowest BCUT2D eigenvalue weighted by molar-refractivity contribution is 0.0115. The number of aromatic nitrogens is 3. The van der Waals surface area contributed by atoms with Crippen molar-refractivity contribution < 1.29 is 8.78 Å². The van der Waals surface area contributed by atoms with Gasteiger partial charge in [0, 0.05) is 106 Å². The van der Waals surface area contributed by atoms with E-state index in [-0.39, 0.29) is 13.0 Å². The summed E-state index contributed by atoms with van der Waals surface area (Å²) in [5.41, 5.74) is 16.5. The van der Waals surface area contributed by atoms with E-state index in [1.807, 2.05) is 12.3 Å². The van der Waals surface area contributed by atoms with Crippen molar-refractivity contribution >= 4 is 17.0 Å². The minimum absolute atomic E-state index is 0.0840. The Morgan fingerprint density at radius 1 is 1.00 bits per heavy atom. The Labute approximate surface area is 251 Å². The zero-order chi connectivity index (χ0) is 29.7. The number of aromatic amines is 1. The molecule has 1 aromatic carbocycles. The van der Waals surface area contributed by atoms with Crippen molar-refractivity contribution in [2.45, 2.75) is 25.3 Å². The number of halogens is 2. The number of nitrogens with zero attached hydrogens (tertiary/aromatic N) is 6. The van der Waals surface area contributed by atoms with Gasteiger partial charge in [0.2, 0.25) is 0 Å². The summed E-state index contributed by atoms with van der Waals surface area (Å²) < 4.78 is 27.5. The number of hydrogen-bond acceptors (Lipinski definition) is 7. The normalized spacial score (nSPS) is 20.7. The summed E-state index contributed by atoms with van der Waals surface area (Å²) in [6, 6.07) is 8.52. The predicted molar refractivity (Wildman–Crippen MR) is 166 cm³/mol. The average Bonchev–Trinajstić information content (AvgIpc) is 3.51. The minimum atomic E-state index is -2.61. The highest BCUT2D eigenvalue weighted by atomic mass is 19.3. The number of fused-ring (bicyclic) bond motifs is 2. The molecular formula is C33H38F2N8. The second kappa shape index (κ2) is 10.9. The molecule has 224 valence electrons. The lowest BCUT2D eigenvalue weighted by Gasteiger charge is -2.35. The van der Waals surface area contributed by atoms with Gasteiger partial charge in [0.15, 0.2) is 0 Å². The number of H-pyrrole nitrogens is 1. The molecule has 2 saturated heterocycles. The molecule has 43 heavy (non-hydrogen) atoms. The molecule has 0 spiro atoms. The van der Waals surface area contributed by atoms with Crippen LogP contribution in [0.3, 0.4) is 0 Å². The van der Waals surface area contributed by atoms with E-state index < -0.39 is 5.92 Å². The number of allylic oxidation sites excluding steroid dienone is 3. The Morgan fingerprint density at radius 2 is 1.84 bits per heavy atom. The number of pyridine rings is 1. The van der Waals surface area contributed by atoms with Gasteiger partial charge in [-0.15, -0.1) is 0 Å². The van der Waals surface area contributed by atoms with Crippen LogP contribution in [0.25, 0.3) is 22.4 Å². The number of alkyl halides is 2. The first kappa shape index (κ1) is 27.8. The van der Waals surface area contributed by atoms with Gasteiger partial charge in [-0.05, 0) is 48.5 Å². The van der Waals surface area contributed by atoms with Gasteiger partial charge in [0.25, 0.3) is 5.92 Å². The van der Waals surface area contributed by atoms with Crippen LogP contribution in [0.5, 0.6) is 0 Å². The van der Waals surface area contributed by atoms with Crippen molar-refractivity contribution in [2.24, 2.45) is 5.73 Å². The number of piperazine rings is 1. The number of nitrogens with two attached hydrogens (primary N) is 1. The van der Waals surface area contributed by atoms with Gasteiger partial charge in [-0.1, -0.05) is 12.1 Å². The molecule has 8 nitrogen and oxygen atoms in total. The fraction of sp³-hybridized carbons (Fsp3) is 0.394. The van der Waals surface area contributed by atoms with E-state index in [1.54, 1.807) is 11.1 Å². The topological polar surface area (TPSA) is 80.5 Å². The van der Waals surface area contributed by atoms with Crippen LogP contribution in [0.4, 0.5) is 14.5 Å². The Morgan fingerprint density at radius 3 is 2.63 bits per heavy atom. The van der Waals surface area contributed by atoms with Gasteiger partial charge in [-0.3, -0.25) is 9.88 Å². The van der Waals surface area contributed by atoms with Crippen LogP contribution in [-0.2, 0) is 13.0 Å². The summed E-state index contributed by atoms with van der Waals surface area (Å²) in [5.74, 6) is -1.76. The molecule has 7 rings (SSSR count). The first-order valence-corrected chi connectivity index (χ1v) is 15.0. The second-order valence-corrected chi connectivity index (χ2v) is 12.3. The van der Waals surface area contributed by atoms with Gasteiger partial charge in [0.1, 0.15) is 11.5 Å². The highest BCUT2D eigenvalue weighted by Gasteiger charge is 2.38. The first-order chi connectivity index (χ1) is 20.7. The highest BCUT2D eigenvalue weighted by Crippen LogP contribution is 2.38.